The number of aliphatic hydroxyl groups is 1. The van der Waals surface area contributed by atoms with Crippen molar-refractivity contribution in [1.29, 1.82) is 0 Å². The van der Waals surface area contributed by atoms with Crippen LogP contribution >= 0.6 is 0 Å². The van der Waals surface area contributed by atoms with Crippen LogP contribution in [0.2, 0.25) is 0 Å². The van der Waals surface area contributed by atoms with E-state index in [1.165, 1.54) is 0 Å². The lowest BCUT2D eigenvalue weighted by atomic mass is 9.99. The van der Waals surface area contributed by atoms with Crippen molar-refractivity contribution in [1.82, 2.24) is 10.2 Å². The van der Waals surface area contributed by atoms with Crippen molar-refractivity contribution in [3.63, 3.8) is 0 Å². The highest BCUT2D eigenvalue weighted by Gasteiger charge is 2.21. The third kappa shape index (κ3) is 4.40. The minimum Gasteiger partial charge on any atom is -0.394 e. The highest BCUT2D eigenvalue weighted by atomic mass is 16.3. The Balaban J connectivity index is 4.00. The first-order valence-electron chi connectivity index (χ1n) is 5.53. The average Bonchev–Trinajstić information content (AvgIpc) is 2.18. The first-order chi connectivity index (χ1) is 6.49. The minimum atomic E-state index is -0.137. The molecule has 0 spiro atoms. The van der Waals surface area contributed by atoms with Gasteiger partial charge in [0.1, 0.15) is 0 Å². The van der Waals surface area contributed by atoms with Crippen LogP contribution in [0.15, 0.2) is 0 Å². The van der Waals surface area contributed by atoms with Gasteiger partial charge >= 0.3 is 0 Å². The Hall–Kier alpha value is -0.120. The van der Waals surface area contributed by atoms with E-state index in [0.717, 1.165) is 19.5 Å². The lowest BCUT2D eigenvalue weighted by molar-refractivity contribution is 0.143. The van der Waals surface area contributed by atoms with Crippen molar-refractivity contribution in [2.24, 2.45) is 0 Å². The van der Waals surface area contributed by atoms with E-state index in [1.807, 2.05) is 7.05 Å². The number of rotatable bonds is 7. The molecule has 1 atom stereocenters. The molecule has 0 amide bonds. The zero-order chi connectivity index (χ0) is 11.2. The van der Waals surface area contributed by atoms with Crippen LogP contribution in [0, 0.1) is 0 Å². The molecule has 2 N–H and O–H groups in total. The van der Waals surface area contributed by atoms with Gasteiger partial charge in [-0.3, -0.25) is 0 Å². The summed E-state index contributed by atoms with van der Waals surface area (Å²) in [6.45, 7) is 10.9. The molecule has 0 aromatic heterocycles. The van der Waals surface area contributed by atoms with Crippen LogP contribution in [0.3, 0.4) is 0 Å². The van der Waals surface area contributed by atoms with Gasteiger partial charge in [-0.05, 0) is 40.8 Å². The lowest BCUT2D eigenvalue weighted by Gasteiger charge is -2.32. The fourth-order valence-corrected chi connectivity index (χ4v) is 1.45. The number of hydrogen-bond donors (Lipinski definition) is 2. The van der Waals surface area contributed by atoms with Gasteiger partial charge in [0.05, 0.1) is 6.61 Å². The molecule has 0 rings (SSSR count). The fourth-order valence-electron chi connectivity index (χ4n) is 1.45. The second-order valence-corrected chi connectivity index (χ2v) is 4.44. The summed E-state index contributed by atoms with van der Waals surface area (Å²) in [5.41, 5.74) is -0.137. The Bertz CT molecular complexity index is 144. The molecule has 86 valence electrons. The molecule has 14 heavy (non-hydrogen) atoms. The zero-order valence-corrected chi connectivity index (χ0v) is 10.3. The van der Waals surface area contributed by atoms with E-state index in [1.54, 1.807) is 0 Å². The molecule has 0 aliphatic carbocycles. The summed E-state index contributed by atoms with van der Waals surface area (Å²) in [5.74, 6) is 0. The molecule has 0 saturated carbocycles. The largest absolute Gasteiger partial charge is 0.394 e. The third-order valence-corrected chi connectivity index (χ3v) is 3.04. The van der Waals surface area contributed by atoms with Crippen molar-refractivity contribution in [3.8, 4) is 0 Å². The Morgan fingerprint density at radius 2 is 2.00 bits per heavy atom. The predicted molar refractivity (Wildman–Crippen MR) is 61.6 cm³/mol. The van der Waals surface area contributed by atoms with Crippen LogP contribution in [0.4, 0.5) is 0 Å². The average molecular weight is 202 g/mol. The Morgan fingerprint density at radius 3 is 2.29 bits per heavy atom. The van der Waals surface area contributed by atoms with Crippen molar-refractivity contribution in [2.45, 2.75) is 45.7 Å². The van der Waals surface area contributed by atoms with Gasteiger partial charge in [0, 0.05) is 18.1 Å². The molecule has 0 heterocycles. The SMILES string of the molecule is CCN(CCC(C)(CO)NC)C(C)C. The molecule has 1 unspecified atom stereocenters. The second-order valence-electron chi connectivity index (χ2n) is 4.44. The van der Waals surface area contributed by atoms with Gasteiger partial charge in [-0.15, -0.1) is 0 Å². The van der Waals surface area contributed by atoms with Crippen LogP contribution in [0.1, 0.15) is 34.1 Å². The van der Waals surface area contributed by atoms with Crippen LogP contribution in [-0.4, -0.2) is 48.3 Å². The van der Waals surface area contributed by atoms with Gasteiger partial charge in [0.15, 0.2) is 0 Å². The van der Waals surface area contributed by atoms with Gasteiger partial charge in [0.2, 0.25) is 0 Å². The van der Waals surface area contributed by atoms with Crippen molar-refractivity contribution in [3.05, 3.63) is 0 Å². The molecule has 0 aromatic carbocycles. The van der Waals surface area contributed by atoms with Gasteiger partial charge in [-0.25, -0.2) is 0 Å². The Kier molecular flexibility index (Phi) is 6.33. The highest BCUT2D eigenvalue weighted by molar-refractivity contribution is 4.82. The minimum absolute atomic E-state index is 0.137. The molecule has 0 aromatic rings. The smallest absolute Gasteiger partial charge is 0.0610 e. The molecular formula is C11H26N2O. The number of nitrogens with one attached hydrogen (secondary N) is 1. The van der Waals surface area contributed by atoms with Crippen molar-refractivity contribution >= 4 is 0 Å². The van der Waals surface area contributed by atoms with Gasteiger partial charge in [-0.2, -0.15) is 0 Å². The van der Waals surface area contributed by atoms with E-state index < -0.39 is 0 Å². The summed E-state index contributed by atoms with van der Waals surface area (Å²) in [4.78, 5) is 2.41. The summed E-state index contributed by atoms with van der Waals surface area (Å²) in [5, 5.41) is 12.4. The maximum Gasteiger partial charge on any atom is 0.0610 e. The van der Waals surface area contributed by atoms with E-state index in [-0.39, 0.29) is 12.1 Å². The van der Waals surface area contributed by atoms with E-state index in [2.05, 4.69) is 37.9 Å². The molecule has 0 radical (unpaired) electrons. The van der Waals surface area contributed by atoms with Crippen LogP contribution in [0.5, 0.6) is 0 Å². The van der Waals surface area contributed by atoms with E-state index in [0.29, 0.717) is 6.04 Å². The molecule has 3 heteroatoms. The predicted octanol–water partition coefficient (Wildman–Crippen LogP) is 1.08. The maximum atomic E-state index is 9.23. The van der Waals surface area contributed by atoms with Crippen molar-refractivity contribution in [2.75, 3.05) is 26.7 Å². The Labute approximate surface area is 88.5 Å². The van der Waals surface area contributed by atoms with E-state index in [9.17, 15) is 5.11 Å². The highest BCUT2D eigenvalue weighted by Crippen LogP contribution is 2.10. The lowest BCUT2D eigenvalue weighted by Crippen LogP contribution is -2.46. The standard InChI is InChI=1S/C11H26N2O/c1-6-13(10(2)3)8-7-11(4,9-14)12-5/h10,12,14H,6-9H2,1-5H3. The first-order valence-corrected chi connectivity index (χ1v) is 5.53. The van der Waals surface area contributed by atoms with E-state index >= 15 is 0 Å². The molecule has 3 nitrogen and oxygen atoms in total. The molecular weight excluding hydrogens is 176 g/mol. The number of likely N-dealkylation sites (N-methyl/N-ethyl adjacent to an activating group) is 1. The second kappa shape index (κ2) is 6.38. The topological polar surface area (TPSA) is 35.5 Å². The number of aliphatic hydroxyl groups excluding tert-OH is 1. The van der Waals surface area contributed by atoms with E-state index in [4.69, 9.17) is 0 Å². The summed E-state index contributed by atoms with van der Waals surface area (Å²) in [7, 11) is 1.90. The molecule has 0 aliphatic heterocycles. The fraction of sp³-hybridized carbons (Fsp3) is 1.00. The van der Waals surface area contributed by atoms with Gasteiger partial charge in [0.25, 0.3) is 0 Å². The van der Waals surface area contributed by atoms with Crippen LogP contribution in [-0.2, 0) is 0 Å². The number of hydrogen-bond acceptors (Lipinski definition) is 3. The normalized spacial score (nSPS) is 16.3. The molecule has 0 bridgehead atoms. The van der Waals surface area contributed by atoms with Crippen molar-refractivity contribution < 1.29 is 5.11 Å². The Morgan fingerprint density at radius 1 is 1.43 bits per heavy atom. The van der Waals surface area contributed by atoms with Gasteiger partial charge in [-0.1, -0.05) is 6.92 Å². The monoisotopic (exact) mass is 202 g/mol. The quantitative estimate of drug-likeness (QED) is 0.648. The summed E-state index contributed by atoms with van der Waals surface area (Å²) in [6, 6.07) is 0.583. The van der Waals surface area contributed by atoms with Gasteiger partial charge < -0.3 is 15.3 Å². The summed E-state index contributed by atoms with van der Waals surface area (Å²) >= 11 is 0. The van der Waals surface area contributed by atoms with Crippen LogP contribution in [0.25, 0.3) is 0 Å². The molecule has 0 fully saturated rings. The third-order valence-electron chi connectivity index (χ3n) is 3.04. The van der Waals surface area contributed by atoms with Crippen LogP contribution < -0.4 is 5.32 Å². The molecule has 0 aliphatic rings. The summed E-state index contributed by atoms with van der Waals surface area (Å²) in [6.07, 6.45) is 0.978. The first kappa shape index (κ1) is 13.9. The molecule has 0 saturated heterocycles. The maximum absolute atomic E-state index is 9.23. The number of nitrogens with zero attached hydrogens (tertiary/aromatic N) is 1. The zero-order valence-electron chi connectivity index (χ0n) is 10.3. The summed E-state index contributed by atoms with van der Waals surface area (Å²) < 4.78 is 0.